The number of aromatic nitrogens is 2. The molecule has 0 fully saturated rings. The zero-order chi connectivity index (χ0) is 21.1. The summed E-state index contributed by atoms with van der Waals surface area (Å²) in [5.41, 5.74) is 2.51. The lowest BCUT2D eigenvalue weighted by atomic mass is 10.1. The SMILES string of the molecule is CCOC(=O)Oc1ccc(C(=O)N2CCc3[nH]n(-c4ccccc4)c(=O)c3C2)cc1. The number of fused-ring (bicyclic) bond motifs is 1. The minimum Gasteiger partial charge on any atom is -0.434 e. The summed E-state index contributed by atoms with van der Waals surface area (Å²) < 4.78 is 11.2. The third kappa shape index (κ3) is 3.84. The number of nitrogens with one attached hydrogen (secondary N) is 1. The molecule has 0 saturated carbocycles. The van der Waals surface area contributed by atoms with E-state index in [-0.39, 0.29) is 24.6 Å². The highest BCUT2D eigenvalue weighted by Crippen LogP contribution is 2.20. The van der Waals surface area contributed by atoms with Crippen molar-refractivity contribution in [2.45, 2.75) is 19.9 Å². The van der Waals surface area contributed by atoms with Gasteiger partial charge in [-0.3, -0.25) is 14.7 Å². The average molecular weight is 407 g/mol. The molecule has 1 aliphatic rings. The molecule has 3 aromatic rings. The van der Waals surface area contributed by atoms with E-state index in [9.17, 15) is 14.4 Å². The monoisotopic (exact) mass is 407 g/mol. The van der Waals surface area contributed by atoms with Crippen molar-refractivity contribution in [3.05, 3.63) is 81.8 Å². The van der Waals surface area contributed by atoms with Crippen molar-refractivity contribution in [1.82, 2.24) is 14.7 Å². The molecule has 2 aromatic carbocycles. The fraction of sp³-hybridized carbons (Fsp3) is 0.227. The second-order valence-electron chi connectivity index (χ2n) is 6.83. The molecule has 0 saturated heterocycles. The topological polar surface area (TPSA) is 93.6 Å². The van der Waals surface area contributed by atoms with Gasteiger partial charge in [0, 0.05) is 24.2 Å². The Morgan fingerprint density at radius 2 is 1.80 bits per heavy atom. The fourth-order valence-electron chi connectivity index (χ4n) is 3.43. The zero-order valence-corrected chi connectivity index (χ0v) is 16.5. The van der Waals surface area contributed by atoms with Crippen molar-refractivity contribution in [2.24, 2.45) is 0 Å². The summed E-state index contributed by atoms with van der Waals surface area (Å²) in [6.07, 6.45) is -0.220. The first-order chi connectivity index (χ1) is 14.6. The van der Waals surface area contributed by atoms with Crippen LogP contribution in [-0.4, -0.2) is 39.9 Å². The number of nitrogens with zero attached hydrogens (tertiary/aromatic N) is 2. The number of benzene rings is 2. The molecule has 0 atom stereocenters. The molecule has 8 heteroatoms. The maximum Gasteiger partial charge on any atom is 0.513 e. The summed E-state index contributed by atoms with van der Waals surface area (Å²) in [7, 11) is 0. The van der Waals surface area contributed by atoms with E-state index in [0.717, 1.165) is 11.4 Å². The van der Waals surface area contributed by atoms with Gasteiger partial charge in [-0.05, 0) is 43.3 Å². The maximum atomic E-state index is 12.9. The highest BCUT2D eigenvalue weighted by Gasteiger charge is 2.26. The lowest BCUT2D eigenvalue weighted by molar-refractivity contribution is 0.0734. The standard InChI is InChI=1S/C22H21N3O5/c1-2-29-22(28)30-17-10-8-15(9-11-17)20(26)24-13-12-19-18(14-24)21(27)25(23-19)16-6-4-3-5-7-16/h3-11,23H,2,12-14H2,1H3. The van der Waals surface area contributed by atoms with Crippen molar-refractivity contribution in [1.29, 1.82) is 0 Å². The van der Waals surface area contributed by atoms with E-state index in [2.05, 4.69) is 5.10 Å². The Hall–Kier alpha value is -3.81. The van der Waals surface area contributed by atoms with Crippen LogP contribution in [0.15, 0.2) is 59.4 Å². The minimum absolute atomic E-state index is 0.146. The van der Waals surface area contributed by atoms with Gasteiger partial charge in [-0.1, -0.05) is 18.2 Å². The molecule has 1 N–H and O–H groups in total. The quantitative estimate of drug-likeness (QED) is 0.530. The number of ether oxygens (including phenoxy) is 2. The average Bonchev–Trinajstić information content (AvgIpc) is 3.10. The highest BCUT2D eigenvalue weighted by molar-refractivity contribution is 5.94. The first-order valence-corrected chi connectivity index (χ1v) is 9.69. The van der Waals surface area contributed by atoms with E-state index in [1.54, 1.807) is 24.0 Å². The number of carbonyl (C=O) groups excluding carboxylic acids is 2. The Morgan fingerprint density at radius 1 is 1.07 bits per heavy atom. The number of aromatic amines is 1. The van der Waals surface area contributed by atoms with Gasteiger partial charge in [0.25, 0.3) is 11.5 Å². The van der Waals surface area contributed by atoms with Gasteiger partial charge in [-0.2, -0.15) is 0 Å². The molecule has 0 bridgehead atoms. The minimum atomic E-state index is -0.790. The Labute approximate surface area is 172 Å². The van der Waals surface area contributed by atoms with E-state index in [1.807, 2.05) is 30.3 Å². The molecule has 2 heterocycles. The van der Waals surface area contributed by atoms with E-state index in [4.69, 9.17) is 9.47 Å². The number of carbonyl (C=O) groups is 2. The van der Waals surface area contributed by atoms with Crippen molar-refractivity contribution < 1.29 is 19.1 Å². The van der Waals surface area contributed by atoms with E-state index in [1.165, 1.54) is 16.8 Å². The molecule has 30 heavy (non-hydrogen) atoms. The van der Waals surface area contributed by atoms with Gasteiger partial charge in [-0.15, -0.1) is 0 Å². The Kier molecular flexibility index (Phi) is 5.38. The number of amides is 1. The largest absolute Gasteiger partial charge is 0.513 e. The summed E-state index contributed by atoms with van der Waals surface area (Å²) >= 11 is 0. The van der Waals surface area contributed by atoms with Crippen molar-refractivity contribution in [3.63, 3.8) is 0 Å². The van der Waals surface area contributed by atoms with Crippen LogP contribution in [0.25, 0.3) is 5.69 Å². The van der Waals surface area contributed by atoms with E-state index in [0.29, 0.717) is 29.8 Å². The van der Waals surface area contributed by atoms with Gasteiger partial charge in [0.1, 0.15) is 5.75 Å². The number of para-hydroxylation sites is 1. The molecule has 1 aromatic heterocycles. The van der Waals surface area contributed by atoms with Gasteiger partial charge in [-0.25, -0.2) is 9.48 Å². The van der Waals surface area contributed by atoms with Crippen LogP contribution >= 0.6 is 0 Å². The molecule has 154 valence electrons. The van der Waals surface area contributed by atoms with Gasteiger partial charge in [0.15, 0.2) is 0 Å². The van der Waals surface area contributed by atoms with Crippen LogP contribution in [-0.2, 0) is 17.7 Å². The molecule has 0 unspecified atom stereocenters. The van der Waals surface area contributed by atoms with Crippen molar-refractivity contribution in [2.75, 3.05) is 13.2 Å². The first kappa shape index (κ1) is 19.5. The van der Waals surface area contributed by atoms with Crippen LogP contribution in [0, 0.1) is 0 Å². The predicted molar refractivity (Wildman–Crippen MR) is 109 cm³/mol. The second kappa shape index (κ2) is 8.28. The van der Waals surface area contributed by atoms with Crippen LogP contribution in [0.4, 0.5) is 4.79 Å². The van der Waals surface area contributed by atoms with E-state index >= 15 is 0 Å². The van der Waals surface area contributed by atoms with Gasteiger partial charge >= 0.3 is 6.16 Å². The van der Waals surface area contributed by atoms with Crippen molar-refractivity contribution in [3.8, 4) is 11.4 Å². The molecule has 8 nitrogen and oxygen atoms in total. The molecular weight excluding hydrogens is 386 g/mol. The highest BCUT2D eigenvalue weighted by atomic mass is 16.7. The Morgan fingerprint density at radius 3 is 2.50 bits per heavy atom. The summed E-state index contributed by atoms with van der Waals surface area (Å²) in [4.78, 5) is 38.8. The predicted octanol–water partition coefficient (Wildman–Crippen LogP) is 2.90. The first-order valence-electron chi connectivity index (χ1n) is 9.69. The third-order valence-corrected chi connectivity index (χ3v) is 4.92. The maximum absolute atomic E-state index is 12.9. The van der Waals surface area contributed by atoms with Gasteiger partial charge in [0.2, 0.25) is 0 Å². The lowest BCUT2D eigenvalue weighted by Crippen LogP contribution is -2.37. The van der Waals surface area contributed by atoms with Crippen LogP contribution in [0.5, 0.6) is 5.75 Å². The van der Waals surface area contributed by atoms with Crippen LogP contribution < -0.4 is 10.3 Å². The summed E-state index contributed by atoms with van der Waals surface area (Å²) in [5, 5.41) is 3.16. The molecule has 1 aliphatic heterocycles. The fourth-order valence-corrected chi connectivity index (χ4v) is 3.43. The molecule has 0 aliphatic carbocycles. The summed E-state index contributed by atoms with van der Waals surface area (Å²) in [5.74, 6) is 0.109. The van der Waals surface area contributed by atoms with Crippen LogP contribution in [0.1, 0.15) is 28.5 Å². The van der Waals surface area contributed by atoms with Crippen LogP contribution in [0.3, 0.4) is 0 Å². The van der Waals surface area contributed by atoms with E-state index < -0.39 is 6.16 Å². The number of hydrogen-bond acceptors (Lipinski definition) is 5. The Bertz CT molecular complexity index is 1120. The summed E-state index contributed by atoms with van der Waals surface area (Å²) in [6.45, 7) is 2.65. The second-order valence-corrected chi connectivity index (χ2v) is 6.83. The molecule has 1 amide bonds. The molecule has 0 radical (unpaired) electrons. The zero-order valence-electron chi connectivity index (χ0n) is 16.5. The lowest BCUT2D eigenvalue weighted by Gasteiger charge is -2.26. The number of H-pyrrole nitrogens is 1. The van der Waals surface area contributed by atoms with Gasteiger partial charge < -0.3 is 14.4 Å². The molecular formula is C22H21N3O5. The molecule has 0 spiro atoms. The van der Waals surface area contributed by atoms with Crippen molar-refractivity contribution >= 4 is 12.1 Å². The third-order valence-electron chi connectivity index (χ3n) is 4.92. The number of hydrogen-bond donors (Lipinski definition) is 1. The summed E-state index contributed by atoms with van der Waals surface area (Å²) in [6, 6.07) is 15.6. The van der Waals surface area contributed by atoms with Crippen LogP contribution in [0.2, 0.25) is 0 Å². The Balaban J connectivity index is 1.49. The molecule has 4 rings (SSSR count). The normalized spacial score (nSPS) is 12.9. The van der Waals surface area contributed by atoms with Gasteiger partial charge in [0.05, 0.1) is 24.4 Å². The smallest absolute Gasteiger partial charge is 0.434 e. The number of rotatable bonds is 4.